The molecule has 12 rings (SSSR count). The van der Waals surface area contributed by atoms with Gasteiger partial charge in [0.2, 0.25) is 0 Å². The molecule has 2 fully saturated rings. The van der Waals surface area contributed by atoms with E-state index in [2.05, 4.69) is 239 Å². The number of hydrogen-bond donors (Lipinski definition) is 2. The molecule has 2 aliphatic rings. The number of aliphatic carboxylic acids is 1. The van der Waals surface area contributed by atoms with Crippen LogP contribution in [0.1, 0.15) is 320 Å². The number of thiophene rings is 2. The van der Waals surface area contributed by atoms with Gasteiger partial charge < -0.3 is 32.7 Å². The van der Waals surface area contributed by atoms with E-state index in [1.165, 1.54) is 68.5 Å². The van der Waals surface area contributed by atoms with E-state index in [9.17, 15) is 19.2 Å². The number of nitrogens with zero attached hydrogens (tertiary/aromatic N) is 2. The first-order valence-electron chi connectivity index (χ1n) is 50.7. The molecule has 4 heterocycles. The van der Waals surface area contributed by atoms with Crippen molar-refractivity contribution in [2.24, 2.45) is 29.6 Å². The second-order valence-corrected chi connectivity index (χ2v) is 66.7. The van der Waals surface area contributed by atoms with Gasteiger partial charge in [-0.1, -0.05) is 284 Å². The fraction of sp³-hybridized carbons (Fsp3) is 0.569. The number of aromatic nitrogens is 2. The largest absolute Gasteiger partial charge is 0.481 e. The fourth-order valence-electron chi connectivity index (χ4n) is 19.0. The van der Waals surface area contributed by atoms with Crippen LogP contribution in [0.5, 0.6) is 0 Å². The summed E-state index contributed by atoms with van der Waals surface area (Å²) in [4.78, 5) is 61.3. The molecule has 0 amide bonds. The number of unbranched alkanes of at least 4 members (excludes halogenated alkanes) is 7. The number of aliphatic hydroxyl groups is 1. The summed E-state index contributed by atoms with van der Waals surface area (Å²) in [5.74, 6) is 2.74. The van der Waals surface area contributed by atoms with Gasteiger partial charge in [0.05, 0.1) is 24.9 Å². The topological polar surface area (TPSA) is 181 Å². The van der Waals surface area contributed by atoms with Gasteiger partial charge >= 0.3 is 11.9 Å². The van der Waals surface area contributed by atoms with Crippen LogP contribution in [0.15, 0.2) is 183 Å². The maximum Gasteiger partial charge on any atom is 0.306 e. The molecule has 0 saturated heterocycles. The van der Waals surface area contributed by atoms with Gasteiger partial charge in [-0.3, -0.25) is 29.1 Å². The second-order valence-electron chi connectivity index (χ2n) is 45.4. The Kier molecular flexibility index (Phi) is 41.3. The van der Waals surface area contributed by atoms with Gasteiger partial charge in [0.1, 0.15) is 18.2 Å². The first-order chi connectivity index (χ1) is 63.2. The first-order valence-corrected chi connectivity index (χ1v) is 64.0. The Hall–Kier alpha value is -6.99. The SMILES string of the molecule is C.CCC(C(=O)Cc1ccc2cnccc2c1)c1ccc(CO)cc1.CCC(C(=O)Cc1ccc2cnccc2c1)c1ccc(COC(=O)CCCCCC[C@@H]2[C@@H](CC[C@@H](O[Si](C)(C)C(C)(C)C)c3cc4ccccc4s3)[C@H](O[Si](C)(C)C(C)(C)C)C[C@@H]2O[Si](C)(C)C(C)(C)C)cc1.C[C@H](CC[C@@H]1[C@@H](CCCCCCCC(=O)O)[C@@H](O[Si](C)(C)C(C)(C)C)C[C@H]1C)c1cc2ccccc2s1. The van der Waals surface area contributed by atoms with Gasteiger partial charge in [-0.2, -0.15) is 0 Å². The Bertz CT molecular complexity index is 5320. The summed E-state index contributed by atoms with van der Waals surface area (Å²) in [5, 5.41) is 25.6. The number of ketones is 2. The molecule has 0 radical (unpaired) electrons. The quantitative estimate of drug-likeness (QED) is 0.0209. The Balaban J connectivity index is 0.000000270. The number of aliphatic hydroxyl groups excluding tert-OH is 1. The summed E-state index contributed by atoms with van der Waals surface area (Å²) in [6.07, 6.45) is 29.4. The molecule has 12 atom stereocenters. The van der Waals surface area contributed by atoms with Crippen LogP contribution in [0.4, 0.5) is 0 Å². The number of Topliss-reactive ketones (excluding diaryl/α,β-unsaturated/α-hetero) is 2. The molecule has 0 bridgehead atoms. The molecule has 738 valence electrons. The highest BCUT2D eigenvalue weighted by molar-refractivity contribution is 7.19. The molecule has 4 aromatic heterocycles. The monoisotopic (exact) mass is 1940 g/mol. The molecule has 2 unspecified atom stereocenters. The third-order valence-corrected chi connectivity index (χ3v) is 52.0. The maximum atomic E-state index is 13.5. The van der Waals surface area contributed by atoms with Crippen LogP contribution >= 0.6 is 22.7 Å². The Morgan fingerprint density at radius 2 is 0.837 bits per heavy atom. The maximum absolute atomic E-state index is 13.5. The minimum Gasteiger partial charge on any atom is -0.481 e. The lowest BCUT2D eigenvalue weighted by molar-refractivity contribution is -0.145. The number of carbonyl (C=O) groups is 4. The number of benzene rings is 6. The number of carboxylic acids is 1. The molecule has 10 aromatic rings. The molecule has 0 spiro atoms. The van der Waals surface area contributed by atoms with Gasteiger partial charge in [-0.15, -0.1) is 22.7 Å². The fourth-order valence-corrected chi connectivity index (χ4v) is 26.8. The van der Waals surface area contributed by atoms with Crippen LogP contribution in [0, 0.1) is 29.6 Å². The van der Waals surface area contributed by atoms with Crippen LogP contribution in [0.25, 0.3) is 41.7 Å². The third kappa shape index (κ3) is 31.5. The van der Waals surface area contributed by atoms with E-state index in [0.717, 1.165) is 144 Å². The zero-order chi connectivity index (χ0) is 97.7. The molecule has 13 nitrogen and oxygen atoms in total. The molecule has 2 aliphatic carbocycles. The molecule has 135 heavy (non-hydrogen) atoms. The highest BCUT2D eigenvalue weighted by atomic mass is 32.1. The highest BCUT2D eigenvalue weighted by Crippen LogP contribution is 2.53. The summed E-state index contributed by atoms with van der Waals surface area (Å²) in [5.41, 5.74) is 5.86. The zero-order valence-corrected chi connectivity index (χ0v) is 91.8. The summed E-state index contributed by atoms with van der Waals surface area (Å²) >= 11 is 3.87. The summed E-state index contributed by atoms with van der Waals surface area (Å²) in [6.45, 7) is 56.8. The molecule has 2 saturated carbocycles. The van der Waals surface area contributed by atoms with Gasteiger partial charge in [-0.25, -0.2) is 0 Å². The predicted octanol–water partition coefficient (Wildman–Crippen LogP) is 33.0. The Labute approximate surface area is 826 Å². The number of pyridine rings is 2. The van der Waals surface area contributed by atoms with Gasteiger partial charge in [-0.05, 0) is 276 Å². The normalized spacial score (nSPS) is 19.0. The van der Waals surface area contributed by atoms with Gasteiger partial charge in [0.15, 0.2) is 33.3 Å². The smallest absolute Gasteiger partial charge is 0.306 e. The average Bonchev–Trinajstić information content (AvgIpc) is 1.63. The zero-order valence-electron chi connectivity index (χ0n) is 86.2. The third-order valence-electron chi connectivity index (χ3n) is 31.4. The van der Waals surface area contributed by atoms with E-state index in [-0.39, 0.29) is 88.5 Å². The van der Waals surface area contributed by atoms with Crippen molar-refractivity contribution in [3.05, 3.63) is 226 Å². The molecule has 19 heteroatoms. The molecular formula is C116H170N2O11S2Si4. The number of hydrogen-bond acceptors (Lipinski definition) is 14. The van der Waals surface area contributed by atoms with Crippen molar-refractivity contribution in [2.45, 2.75) is 394 Å². The number of carbonyl (C=O) groups excluding carboxylic acids is 3. The van der Waals surface area contributed by atoms with Crippen molar-refractivity contribution in [3.8, 4) is 0 Å². The number of esters is 1. The van der Waals surface area contributed by atoms with E-state index >= 15 is 0 Å². The van der Waals surface area contributed by atoms with Crippen LogP contribution in [0.2, 0.25) is 72.5 Å². The van der Waals surface area contributed by atoms with Crippen molar-refractivity contribution in [3.63, 3.8) is 0 Å². The van der Waals surface area contributed by atoms with Crippen molar-refractivity contribution < 1.29 is 51.8 Å². The minimum atomic E-state index is -2.12. The average molecular weight is 1950 g/mol. The van der Waals surface area contributed by atoms with Crippen molar-refractivity contribution in [1.82, 2.24) is 9.97 Å². The number of fused-ring (bicyclic) bond motifs is 4. The van der Waals surface area contributed by atoms with Crippen LogP contribution < -0.4 is 0 Å². The molecule has 2 N–H and O–H groups in total. The van der Waals surface area contributed by atoms with E-state index in [4.69, 9.17) is 32.7 Å². The molecule has 6 aromatic carbocycles. The lowest BCUT2D eigenvalue weighted by Crippen LogP contribution is -2.45. The number of rotatable bonds is 44. The van der Waals surface area contributed by atoms with Crippen LogP contribution in [-0.4, -0.2) is 95.3 Å². The van der Waals surface area contributed by atoms with Crippen molar-refractivity contribution in [2.75, 3.05) is 0 Å². The van der Waals surface area contributed by atoms with Crippen LogP contribution in [0.3, 0.4) is 0 Å². The first kappa shape index (κ1) is 112. The Morgan fingerprint density at radius 3 is 1.29 bits per heavy atom. The predicted molar refractivity (Wildman–Crippen MR) is 580 cm³/mol. The lowest BCUT2D eigenvalue weighted by atomic mass is 9.81. The summed E-state index contributed by atoms with van der Waals surface area (Å²) < 4.78 is 38.1. The van der Waals surface area contributed by atoms with E-state index in [0.29, 0.717) is 61.4 Å². The molecule has 0 aliphatic heterocycles. The van der Waals surface area contributed by atoms with E-state index < -0.39 is 39.2 Å². The molecular weight excluding hydrogens is 1770 g/mol. The standard InChI is InChI=1S/C62H93NO6SSi3.C32H52O3SSi.C21H21NO2.CH4/c1-17-50(53(64)39-45-30-33-49-42-63-37-36-47(49)38-45)46-31-28-44(29-32-46)43-66-59(65)27-21-19-18-20-25-51-52(56(69-73(15,16)62(8,9)10)41-55(51)68-72(13,14)61(5,6)7)34-35-54(67-71(11,12)60(2,3)4)58-40-48-24-22-23-26-57(48)70-58;1-23(30-22-25-15-13-14-17-29(25)36-30)19-20-26-24(2)21-28(35-37(6,7)32(3,4)5)27(26)16-11-9-8-10-12-18-31(33)34;1-2-20(17-6-3-15(14-23)4-7-17)21(24)12-16-5-8-19-13-22-10-9-18(19)11-16;/h22-24,26,28-33,36-38,40,42,50-52,54-56H,17-21,25,27,34-35,39,41,43H2,1-16H3;13-15,17,22-24,26-28H,8-12,16,18-21H2,1-7H3,(H,33,34);3-11,13,20,23H,2,12,14H2,1H3;1H4/t50?,51-,52-,54-,55+,56-;23-,24-,26+,27-,28+;;/m11../s1. The lowest BCUT2D eigenvalue weighted by Gasteiger charge is -2.41. The number of ether oxygens (including phenoxy) is 1. The minimum absolute atomic E-state index is 0. The van der Waals surface area contributed by atoms with Crippen molar-refractivity contribution >= 4 is 121 Å². The van der Waals surface area contributed by atoms with E-state index in [1.807, 2.05) is 127 Å². The highest BCUT2D eigenvalue weighted by Gasteiger charge is 2.53. The Morgan fingerprint density at radius 1 is 0.437 bits per heavy atom. The van der Waals surface area contributed by atoms with Gasteiger partial charge in [0.25, 0.3) is 0 Å². The summed E-state index contributed by atoms with van der Waals surface area (Å²) in [7, 11) is -8.15. The summed E-state index contributed by atoms with van der Waals surface area (Å²) in [6, 6.07) is 54.2. The van der Waals surface area contributed by atoms with Crippen LogP contribution in [-0.2, 0) is 67.7 Å². The van der Waals surface area contributed by atoms with Gasteiger partial charge in [0, 0.05) is 98.3 Å². The second kappa shape index (κ2) is 49.9. The van der Waals surface area contributed by atoms with E-state index in [1.54, 1.807) is 12.4 Å². The number of carboxylic acid groups (broad SMARTS) is 1. The van der Waals surface area contributed by atoms with Crippen molar-refractivity contribution in [1.29, 1.82) is 0 Å².